The van der Waals surface area contributed by atoms with E-state index < -0.39 is 0 Å². The van der Waals surface area contributed by atoms with Gasteiger partial charge in [-0.25, -0.2) is 0 Å². The van der Waals surface area contributed by atoms with Gasteiger partial charge in [0.1, 0.15) is 0 Å². The minimum Gasteiger partial charge on any atom is -0.380 e. The zero-order valence-electron chi connectivity index (χ0n) is 11.8. The molecule has 2 rings (SSSR count). The van der Waals surface area contributed by atoms with E-state index in [1.807, 2.05) is 29.2 Å². The highest BCUT2D eigenvalue weighted by Gasteiger charge is 2.25. The van der Waals surface area contributed by atoms with Crippen molar-refractivity contribution in [1.29, 1.82) is 0 Å². The number of nitrogens with zero attached hydrogens (tertiary/aromatic N) is 1. The number of methoxy groups -OCH3 is 1. The Balaban J connectivity index is 2.06. The Hall–Kier alpha value is -1.39. The molecule has 1 aliphatic rings. The van der Waals surface area contributed by atoms with Crippen LogP contribution in [0.5, 0.6) is 0 Å². The van der Waals surface area contributed by atoms with Crippen molar-refractivity contribution in [3.05, 3.63) is 35.4 Å². The SMILES string of the molecule is COCc1ccc(C(=O)N2CC(C)NC(C)C2)cc1. The lowest BCUT2D eigenvalue weighted by molar-refractivity contribution is 0.0673. The van der Waals surface area contributed by atoms with Gasteiger partial charge in [0.25, 0.3) is 5.91 Å². The summed E-state index contributed by atoms with van der Waals surface area (Å²) in [5, 5.41) is 3.43. The van der Waals surface area contributed by atoms with E-state index in [1.54, 1.807) is 7.11 Å². The molecule has 1 aromatic carbocycles. The number of hydrogen-bond donors (Lipinski definition) is 1. The molecule has 0 bridgehead atoms. The van der Waals surface area contributed by atoms with Gasteiger partial charge in [-0.2, -0.15) is 0 Å². The van der Waals surface area contributed by atoms with Crippen molar-refractivity contribution in [1.82, 2.24) is 10.2 Å². The van der Waals surface area contributed by atoms with E-state index in [4.69, 9.17) is 4.74 Å². The van der Waals surface area contributed by atoms with Gasteiger partial charge in [-0.3, -0.25) is 4.79 Å². The Bertz CT molecular complexity index is 420. The lowest BCUT2D eigenvalue weighted by Crippen LogP contribution is -2.55. The van der Waals surface area contributed by atoms with Crippen LogP contribution >= 0.6 is 0 Å². The minimum absolute atomic E-state index is 0.115. The molecule has 2 atom stereocenters. The van der Waals surface area contributed by atoms with Crippen molar-refractivity contribution >= 4 is 5.91 Å². The molecule has 0 radical (unpaired) electrons. The molecule has 1 amide bonds. The van der Waals surface area contributed by atoms with Crippen molar-refractivity contribution in [2.24, 2.45) is 0 Å². The molecule has 0 saturated carbocycles. The second-order valence-corrected chi connectivity index (χ2v) is 5.31. The number of nitrogens with one attached hydrogen (secondary N) is 1. The first kappa shape index (κ1) is 14.0. The van der Waals surface area contributed by atoms with Crippen molar-refractivity contribution in [3.8, 4) is 0 Å². The van der Waals surface area contributed by atoms with Crippen molar-refractivity contribution < 1.29 is 9.53 Å². The fraction of sp³-hybridized carbons (Fsp3) is 0.533. The normalized spacial score (nSPS) is 23.4. The maximum absolute atomic E-state index is 12.4. The summed E-state index contributed by atoms with van der Waals surface area (Å²) in [7, 11) is 1.67. The van der Waals surface area contributed by atoms with Crippen molar-refractivity contribution in [2.45, 2.75) is 32.5 Å². The third kappa shape index (κ3) is 3.55. The Morgan fingerprint density at radius 3 is 2.37 bits per heavy atom. The molecule has 1 aromatic rings. The molecule has 104 valence electrons. The lowest BCUT2D eigenvalue weighted by Gasteiger charge is -2.36. The zero-order valence-corrected chi connectivity index (χ0v) is 11.8. The van der Waals surface area contributed by atoms with Gasteiger partial charge in [0, 0.05) is 37.8 Å². The number of piperazine rings is 1. The quantitative estimate of drug-likeness (QED) is 0.900. The molecule has 1 N–H and O–H groups in total. The molecule has 1 aliphatic heterocycles. The van der Waals surface area contributed by atoms with Gasteiger partial charge in [-0.05, 0) is 31.5 Å². The summed E-state index contributed by atoms with van der Waals surface area (Å²) >= 11 is 0. The molecule has 1 saturated heterocycles. The number of rotatable bonds is 3. The topological polar surface area (TPSA) is 41.6 Å². The Kier molecular flexibility index (Phi) is 4.56. The molecular weight excluding hydrogens is 240 g/mol. The van der Waals surface area contributed by atoms with Crippen LogP contribution in [-0.4, -0.2) is 43.1 Å². The smallest absolute Gasteiger partial charge is 0.253 e. The van der Waals surface area contributed by atoms with E-state index in [1.165, 1.54) is 0 Å². The predicted molar refractivity (Wildman–Crippen MR) is 75.1 cm³/mol. The maximum Gasteiger partial charge on any atom is 0.253 e. The summed E-state index contributed by atoms with van der Waals surface area (Å²) < 4.78 is 5.07. The van der Waals surface area contributed by atoms with Gasteiger partial charge < -0.3 is 15.0 Å². The summed E-state index contributed by atoms with van der Waals surface area (Å²) in [5.41, 5.74) is 1.84. The van der Waals surface area contributed by atoms with E-state index in [0.29, 0.717) is 18.7 Å². The van der Waals surface area contributed by atoms with Crippen LogP contribution in [-0.2, 0) is 11.3 Å². The molecule has 19 heavy (non-hydrogen) atoms. The second-order valence-electron chi connectivity index (χ2n) is 5.31. The van der Waals surface area contributed by atoms with E-state index in [-0.39, 0.29) is 5.91 Å². The molecular formula is C15H22N2O2. The van der Waals surface area contributed by atoms with E-state index in [9.17, 15) is 4.79 Å². The highest BCUT2D eigenvalue weighted by molar-refractivity contribution is 5.94. The second kappa shape index (κ2) is 6.17. The number of carbonyl (C=O) groups is 1. The zero-order chi connectivity index (χ0) is 13.8. The van der Waals surface area contributed by atoms with Gasteiger partial charge in [0.05, 0.1) is 6.61 Å². The molecule has 2 unspecified atom stereocenters. The first-order chi connectivity index (χ1) is 9.10. The highest BCUT2D eigenvalue weighted by atomic mass is 16.5. The summed E-state index contributed by atoms with van der Waals surface area (Å²) in [6.45, 7) is 6.33. The first-order valence-electron chi connectivity index (χ1n) is 6.73. The summed E-state index contributed by atoms with van der Waals surface area (Å²) in [5.74, 6) is 0.115. The monoisotopic (exact) mass is 262 g/mol. The van der Waals surface area contributed by atoms with Gasteiger partial charge in [0.2, 0.25) is 0 Å². The molecule has 1 fully saturated rings. The van der Waals surface area contributed by atoms with Crippen molar-refractivity contribution in [2.75, 3.05) is 20.2 Å². The van der Waals surface area contributed by atoms with E-state index in [0.717, 1.165) is 24.2 Å². The predicted octanol–water partition coefficient (Wildman–Crippen LogP) is 1.66. The van der Waals surface area contributed by atoms with Crippen LogP contribution in [0.25, 0.3) is 0 Å². The fourth-order valence-electron chi connectivity index (χ4n) is 2.59. The van der Waals surface area contributed by atoms with Crippen molar-refractivity contribution in [3.63, 3.8) is 0 Å². The Labute approximate surface area is 114 Å². The molecule has 1 heterocycles. The lowest BCUT2D eigenvalue weighted by atomic mass is 10.1. The molecule has 4 heteroatoms. The van der Waals surface area contributed by atoms with Crippen LogP contribution in [0.2, 0.25) is 0 Å². The standard InChI is InChI=1S/C15H22N2O2/c1-11-8-17(9-12(2)16-11)15(18)14-6-4-13(5-7-14)10-19-3/h4-7,11-12,16H,8-10H2,1-3H3. The average Bonchev–Trinajstić information content (AvgIpc) is 2.38. The molecule has 4 nitrogen and oxygen atoms in total. The van der Waals surface area contributed by atoms with Gasteiger partial charge in [0.15, 0.2) is 0 Å². The van der Waals surface area contributed by atoms with Crippen LogP contribution in [0, 0.1) is 0 Å². The van der Waals surface area contributed by atoms with E-state index in [2.05, 4.69) is 19.2 Å². The van der Waals surface area contributed by atoms with Gasteiger partial charge in [-0.15, -0.1) is 0 Å². The number of amides is 1. The average molecular weight is 262 g/mol. The third-order valence-electron chi connectivity index (χ3n) is 3.36. The summed E-state index contributed by atoms with van der Waals surface area (Å²) in [6, 6.07) is 8.36. The molecule has 0 aliphatic carbocycles. The highest BCUT2D eigenvalue weighted by Crippen LogP contribution is 2.12. The van der Waals surface area contributed by atoms with Crippen LogP contribution in [0.1, 0.15) is 29.8 Å². The maximum atomic E-state index is 12.4. The number of ether oxygens (including phenoxy) is 1. The largest absolute Gasteiger partial charge is 0.380 e. The molecule has 0 aromatic heterocycles. The first-order valence-corrected chi connectivity index (χ1v) is 6.73. The molecule has 0 spiro atoms. The Morgan fingerprint density at radius 2 is 1.84 bits per heavy atom. The van der Waals surface area contributed by atoms with Crippen LogP contribution < -0.4 is 5.32 Å². The Morgan fingerprint density at radius 1 is 1.26 bits per heavy atom. The summed E-state index contributed by atoms with van der Waals surface area (Å²) in [6.07, 6.45) is 0. The number of hydrogen-bond acceptors (Lipinski definition) is 3. The third-order valence-corrected chi connectivity index (χ3v) is 3.36. The van der Waals surface area contributed by atoms with Crippen LogP contribution in [0.4, 0.5) is 0 Å². The minimum atomic E-state index is 0.115. The fourth-order valence-corrected chi connectivity index (χ4v) is 2.59. The number of benzene rings is 1. The van der Waals surface area contributed by atoms with Gasteiger partial charge >= 0.3 is 0 Å². The number of carbonyl (C=O) groups excluding carboxylic acids is 1. The summed E-state index contributed by atoms with van der Waals surface area (Å²) in [4.78, 5) is 14.4. The van der Waals surface area contributed by atoms with Crippen LogP contribution in [0.15, 0.2) is 24.3 Å². The van der Waals surface area contributed by atoms with Gasteiger partial charge in [-0.1, -0.05) is 12.1 Å². The van der Waals surface area contributed by atoms with Crippen LogP contribution in [0.3, 0.4) is 0 Å². The van der Waals surface area contributed by atoms with E-state index >= 15 is 0 Å².